The second kappa shape index (κ2) is 4.42. The van der Waals surface area contributed by atoms with Gasteiger partial charge in [-0.25, -0.2) is 4.98 Å². The number of aliphatic hydroxyl groups excluding tert-OH is 2. The Bertz CT molecular complexity index is 321. The lowest BCUT2D eigenvalue weighted by atomic mass is 10.3. The molecule has 1 aliphatic rings. The maximum Gasteiger partial charge on any atom is 0.205 e. The molecular weight excluding hydrogens is 214 g/mol. The van der Waals surface area contributed by atoms with Crippen molar-refractivity contribution in [2.75, 3.05) is 18.0 Å². The van der Waals surface area contributed by atoms with Crippen LogP contribution in [0.25, 0.3) is 0 Å². The molecule has 1 aromatic rings. The van der Waals surface area contributed by atoms with Gasteiger partial charge in [0.1, 0.15) is 5.82 Å². The molecule has 2 rings (SSSR count). The highest BCUT2D eigenvalue weighted by Crippen LogP contribution is 2.22. The van der Waals surface area contributed by atoms with Gasteiger partial charge >= 0.3 is 0 Å². The van der Waals surface area contributed by atoms with Gasteiger partial charge in [-0.1, -0.05) is 6.92 Å². The lowest BCUT2D eigenvalue weighted by Crippen LogP contribution is -2.22. The molecule has 0 amide bonds. The van der Waals surface area contributed by atoms with Gasteiger partial charge in [0.2, 0.25) is 5.13 Å². The van der Waals surface area contributed by atoms with Gasteiger partial charge in [0.25, 0.3) is 0 Å². The lowest BCUT2D eigenvalue weighted by molar-refractivity contribution is 0.0572. The van der Waals surface area contributed by atoms with Gasteiger partial charge in [-0.3, -0.25) is 0 Å². The van der Waals surface area contributed by atoms with Crippen molar-refractivity contribution in [2.45, 2.75) is 32.0 Å². The van der Waals surface area contributed by atoms with Crippen LogP contribution in [-0.2, 0) is 6.42 Å². The van der Waals surface area contributed by atoms with E-state index in [9.17, 15) is 10.2 Å². The van der Waals surface area contributed by atoms with Crippen LogP contribution in [0.3, 0.4) is 0 Å². The number of aryl methyl sites for hydroxylation is 1. The van der Waals surface area contributed by atoms with E-state index in [4.69, 9.17) is 0 Å². The van der Waals surface area contributed by atoms with Gasteiger partial charge in [0, 0.05) is 31.0 Å². The normalized spacial score (nSPS) is 26.2. The maximum atomic E-state index is 9.40. The van der Waals surface area contributed by atoms with Gasteiger partial charge in [-0.15, -0.1) is 0 Å². The average molecular weight is 229 g/mol. The first-order valence-corrected chi connectivity index (χ1v) is 5.91. The molecule has 15 heavy (non-hydrogen) atoms. The molecule has 84 valence electrons. The summed E-state index contributed by atoms with van der Waals surface area (Å²) in [7, 11) is 0. The average Bonchev–Trinajstić information content (AvgIpc) is 2.76. The summed E-state index contributed by atoms with van der Waals surface area (Å²) in [5.41, 5.74) is 0. The van der Waals surface area contributed by atoms with Crippen molar-refractivity contribution in [2.24, 2.45) is 0 Å². The van der Waals surface area contributed by atoms with E-state index in [2.05, 4.69) is 16.3 Å². The molecule has 0 saturated carbocycles. The predicted octanol–water partition coefficient (Wildman–Crippen LogP) is 0.0324. The highest BCUT2D eigenvalue weighted by Gasteiger charge is 2.31. The molecule has 1 fully saturated rings. The highest BCUT2D eigenvalue weighted by atomic mass is 32.1. The van der Waals surface area contributed by atoms with Crippen LogP contribution < -0.4 is 4.90 Å². The van der Waals surface area contributed by atoms with Crippen molar-refractivity contribution >= 4 is 16.7 Å². The summed E-state index contributed by atoms with van der Waals surface area (Å²) in [5, 5.41) is 19.6. The lowest BCUT2D eigenvalue weighted by Gasteiger charge is -2.11. The smallest absolute Gasteiger partial charge is 0.205 e. The van der Waals surface area contributed by atoms with Crippen molar-refractivity contribution in [1.29, 1.82) is 0 Å². The van der Waals surface area contributed by atoms with E-state index in [1.165, 1.54) is 11.5 Å². The minimum atomic E-state index is -0.663. The highest BCUT2D eigenvalue weighted by molar-refractivity contribution is 7.09. The van der Waals surface area contributed by atoms with Gasteiger partial charge in [-0.05, 0) is 6.42 Å². The first-order valence-electron chi connectivity index (χ1n) is 5.14. The third-order valence-corrected chi connectivity index (χ3v) is 3.28. The third-order valence-electron chi connectivity index (χ3n) is 2.46. The fourth-order valence-electron chi connectivity index (χ4n) is 1.62. The van der Waals surface area contributed by atoms with Crippen LogP contribution in [0.2, 0.25) is 0 Å². The van der Waals surface area contributed by atoms with E-state index < -0.39 is 12.2 Å². The topological polar surface area (TPSA) is 69.5 Å². The van der Waals surface area contributed by atoms with Crippen LogP contribution in [0.5, 0.6) is 0 Å². The maximum absolute atomic E-state index is 9.40. The molecule has 2 heterocycles. The summed E-state index contributed by atoms with van der Waals surface area (Å²) in [5.74, 6) is 0.855. The Hall–Kier alpha value is -0.720. The Morgan fingerprint density at radius 1 is 1.40 bits per heavy atom. The minimum absolute atomic E-state index is 0.446. The van der Waals surface area contributed by atoms with Gasteiger partial charge in [-0.2, -0.15) is 4.37 Å². The van der Waals surface area contributed by atoms with Crippen LogP contribution in [0, 0.1) is 0 Å². The Labute approximate surface area is 92.5 Å². The summed E-state index contributed by atoms with van der Waals surface area (Å²) in [6, 6.07) is 0. The molecule has 2 unspecified atom stereocenters. The van der Waals surface area contributed by atoms with Crippen molar-refractivity contribution in [3.05, 3.63) is 5.82 Å². The van der Waals surface area contributed by atoms with Crippen molar-refractivity contribution in [3.8, 4) is 0 Å². The van der Waals surface area contributed by atoms with Gasteiger partial charge in [0.15, 0.2) is 0 Å². The summed E-state index contributed by atoms with van der Waals surface area (Å²) in [6.45, 7) is 2.98. The van der Waals surface area contributed by atoms with Crippen molar-refractivity contribution in [3.63, 3.8) is 0 Å². The molecule has 6 heteroatoms. The van der Waals surface area contributed by atoms with Crippen LogP contribution in [0.4, 0.5) is 5.13 Å². The second-order valence-corrected chi connectivity index (χ2v) is 4.51. The zero-order chi connectivity index (χ0) is 10.8. The third kappa shape index (κ3) is 2.27. The zero-order valence-electron chi connectivity index (χ0n) is 8.63. The molecule has 1 aliphatic heterocycles. The van der Waals surface area contributed by atoms with Crippen LogP contribution >= 0.6 is 11.5 Å². The summed E-state index contributed by atoms with van der Waals surface area (Å²) in [4.78, 5) is 6.24. The summed E-state index contributed by atoms with van der Waals surface area (Å²) < 4.78 is 4.23. The van der Waals surface area contributed by atoms with Crippen LogP contribution in [0.1, 0.15) is 19.2 Å². The SMILES string of the molecule is CCCc1nsc(N2CC(O)C(O)C2)n1. The molecule has 0 aliphatic carbocycles. The van der Waals surface area contributed by atoms with E-state index in [0.717, 1.165) is 23.8 Å². The van der Waals surface area contributed by atoms with Crippen molar-refractivity contribution in [1.82, 2.24) is 9.36 Å². The van der Waals surface area contributed by atoms with Gasteiger partial charge < -0.3 is 15.1 Å². The Kier molecular flexibility index (Phi) is 3.18. The second-order valence-electron chi connectivity index (χ2n) is 3.78. The first kappa shape index (κ1) is 10.8. The van der Waals surface area contributed by atoms with E-state index >= 15 is 0 Å². The van der Waals surface area contributed by atoms with E-state index in [1.807, 2.05) is 4.90 Å². The van der Waals surface area contributed by atoms with E-state index in [-0.39, 0.29) is 0 Å². The Morgan fingerprint density at radius 2 is 2.07 bits per heavy atom. The predicted molar refractivity (Wildman–Crippen MR) is 58.1 cm³/mol. The number of aliphatic hydroxyl groups is 2. The number of aromatic nitrogens is 2. The largest absolute Gasteiger partial charge is 0.389 e. The molecular formula is C9H15N3O2S. The molecule has 0 spiro atoms. The Balaban J connectivity index is 2.04. The molecule has 0 radical (unpaired) electrons. The number of β-amino-alcohol motifs (C(OH)–C–C–N with tert-alkyl or cyclic N) is 2. The van der Waals surface area contributed by atoms with Gasteiger partial charge in [0.05, 0.1) is 12.2 Å². The Morgan fingerprint density at radius 3 is 2.67 bits per heavy atom. The fourth-order valence-corrected chi connectivity index (χ4v) is 2.35. The minimum Gasteiger partial charge on any atom is -0.389 e. The number of anilines is 1. The van der Waals surface area contributed by atoms with Crippen LogP contribution in [-0.4, -0.2) is 44.9 Å². The van der Waals surface area contributed by atoms with Crippen molar-refractivity contribution < 1.29 is 10.2 Å². The van der Waals surface area contributed by atoms with E-state index in [1.54, 1.807) is 0 Å². The van der Waals surface area contributed by atoms with E-state index in [0.29, 0.717) is 13.1 Å². The standard InChI is InChI=1S/C9H15N3O2S/c1-2-3-8-10-9(15-11-8)12-4-6(13)7(14)5-12/h6-7,13-14H,2-5H2,1H3. The first-order chi connectivity index (χ1) is 7.20. The molecule has 0 aromatic carbocycles. The fraction of sp³-hybridized carbons (Fsp3) is 0.778. The molecule has 1 saturated heterocycles. The number of hydrogen-bond acceptors (Lipinski definition) is 6. The molecule has 1 aromatic heterocycles. The molecule has 2 atom stereocenters. The molecule has 5 nitrogen and oxygen atoms in total. The quantitative estimate of drug-likeness (QED) is 0.765. The molecule has 0 bridgehead atoms. The number of nitrogens with zero attached hydrogens (tertiary/aromatic N) is 3. The molecule has 2 N–H and O–H groups in total. The number of hydrogen-bond donors (Lipinski definition) is 2. The summed E-state index contributed by atoms with van der Waals surface area (Å²) in [6.07, 6.45) is 0.587. The summed E-state index contributed by atoms with van der Waals surface area (Å²) >= 11 is 1.33. The number of rotatable bonds is 3. The zero-order valence-corrected chi connectivity index (χ0v) is 9.44. The monoisotopic (exact) mass is 229 g/mol. The van der Waals surface area contributed by atoms with Crippen LogP contribution in [0.15, 0.2) is 0 Å².